The molecule has 2 aromatic carbocycles. The first kappa shape index (κ1) is 24.5. The van der Waals surface area contributed by atoms with E-state index in [2.05, 4.69) is 15.1 Å². The summed E-state index contributed by atoms with van der Waals surface area (Å²) in [5.74, 6) is -1.02. The molecule has 2 aliphatic heterocycles. The third-order valence-corrected chi connectivity index (χ3v) is 7.62. The van der Waals surface area contributed by atoms with Crippen molar-refractivity contribution in [2.75, 3.05) is 12.3 Å². The van der Waals surface area contributed by atoms with Gasteiger partial charge in [-0.05, 0) is 41.7 Å². The van der Waals surface area contributed by atoms with E-state index in [1.165, 1.54) is 18.5 Å². The van der Waals surface area contributed by atoms with Crippen LogP contribution in [0, 0.1) is 5.82 Å². The Kier molecular flexibility index (Phi) is 5.36. The molecule has 204 valence electrons. The average molecular weight is 552 g/mol. The monoisotopic (exact) mass is 551 g/mol. The summed E-state index contributed by atoms with van der Waals surface area (Å²) in [5, 5.41) is 3.42. The predicted octanol–water partition coefficient (Wildman–Crippen LogP) is 4.82. The molecule has 40 heavy (non-hydrogen) atoms. The third-order valence-electron chi connectivity index (χ3n) is 7.62. The van der Waals surface area contributed by atoms with Crippen LogP contribution in [-0.4, -0.2) is 47.6 Å². The summed E-state index contributed by atoms with van der Waals surface area (Å²) in [4.78, 5) is 23.9. The molecule has 9 nitrogen and oxygen atoms in total. The molecule has 0 radical (unpaired) electrons. The second-order valence-electron chi connectivity index (χ2n) is 9.96. The van der Waals surface area contributed by atoms with Crippen LogP contribution in [0.4, 0.5) is 23.4 Å². The van der Waals surface area contributed by atoms with Gasteiger partial charge >= 0.3 is 6.30 Å². The largest absolute Gasteiger partial charge is 0.504 e. The van der Waals surface area contributed by atoms with Crippen LogP contribution >= 0.6 is 0 Å². The van der Waals surface area contributed by atoms with E-state index in [-0.39, 0.29) is 28.8 Å². The highest BCUT2D eigenvalue weighted by Crippen LogP contribution is 2.41. The summed E-state index contributed by atoms with van der Waals surface area (Å²) < 4.78 is 62.2. The summed E-state index contributed by atoms with van der Waals surface area (Å²) in [6.45, 7) is 0.636. The molecule has 2 N–H and O–H groups in total. The summed E-state index contributed by atoms with van der Waals surface area (Å²) in [5.41, 5.74) is 9.61. The molecule has 0 aliphatic carbocycles. The molecule has 5 heterocycles. The molecule has 3 aromatic heterocycles. The molecule has 1 amide bonds. The lowest BCUT2D eigenvalue weighted by atomic mass is 9.85. The van der Waals surface area contributed by atoms with Crippen LogP contribution in [0.2, 0.25) is 0 Å². The molecule has 2 atom stereocenters. The van der Waals surface area contributed by atoms with Gasteiger partial charge in [0, 0.05) is 24.4 Å². The van der Waals surface area contributed by atoms with Crippen LogP contribution in [0.5, 0.6) is 0 Å². The van der Waals surface area contributed by atoms with Gasteiger partial charge in [0.2, 0.25) is 0 Å². The number of aromatic nitrogens is 5. The number of likely N-dealkylation sites (tertiary alicyclic amines) is 1. The van der Waals surface area contributed by atoms with E-state index in [1.54, 1.807) is 33.7 Å². The van der Waals surface area contributed by atoms with E-state index >= 15 is 4.39 Å². The molecular formula is C27H21F4N7O2. The minimum Gasteiger partial charge on any atom is -0.382 e. The van der Waals surface area contributed by atoms with Gasteiger partial charge in [0.05, 0.1) is 54.1 Å². The molecule has 0 unspecified atom stereocenters. The number of nitrogens with two attached hydrogens (primary N) is 1. The molecule has 7 rings (SSSR count). The van der Waals surface area contributed by atoms with Crippen molar-refractivity contribution in [3.05, 3.63) is 77.8 Å². The van der Waals surface area contributed by atoms with Gasteiger partial charge in [0.25, 0.3) is 5.91 Å². The van der Waals surface area contributed by atoms with Crippen LogP contribution in [0.25, 0.3) is 27.7 Å². The Morgan fingerprint density at radius 1 is 1.10 bits per heavy atom. The molecule has 5 aromatic rings. The Morgan fingerprint density at radius 3 is 2.75 bits per heavy atom. The highest BCUT2D eigenvalue weighted by Gasteiger charge is 2.41. The van der Waals surface area contributed by atoms with Gasteiger partial charge in [-0.25, -0.2) is 14.4 Å². The maximum atomic E-state index is 15.4. The quantitative estimate of drug-likeness (QED) is 0.316. The number of carbonyl (C=O) groups is 1. The molecule has 0 spiro atoms. The van der Waals surface area contributed by atoms with Crippen LogP contribution < -0.4 is 5.73 Å². The summed E-state index contributed by atoms with van der Waals surface area (Å²) >= 11 is 0. The Morgan fingerprint density at radius 2 is 1.95 bits per heavy atom. The Balaban J connectivity index is 1.27. The van der Waals surface area contributed by atoms with E-state index in [9.17, 15) is 18.0 Å². The number of fused-ring (bicyclic) bond motifs is 6. The lowest BCUT2D eigenvalue weighted by Gasteiger charge is -2.44. The predicted molar refractivity (Wildman–Crippen MR) is 135 cm³/mol. The van der Waals surface area contributed by atoms with Gasteiger partial charge in [0.15, 0.2) is 0 Å². The average Bonchev–Trinajstić information content (AvgIpc) is 3.63. The molecule has 13 heteroatoms. The molecule has 2 aliphatic rings. The number of hydrogen-bond acceptors (Lipinski definition) is 6. The number of ether oxygens (including phenoxy) is 1. The number of amides is 1. The fourth-order valence-electron chi connectivity index (χ4n) is 5.75. The Labute approximate surface area is 223 Å². The number of anilines is 1. The van der Waals surface area contributed by atoms with Gasteiger partial charge in [-0.1, -0.05) is 12.1 Å². The van der Waals surface area contributed by atoms with Crippen molar-refractivity contribution in [2.24, 2.45) is 0 Å². The topological polar surface area (TPSA) is 104 Å². The highest BCUT2D eigenvalue weighted by molar-refractivity contribution is 5.99. The zero-order valence-electron chi connectivity index (χ0n) is 20.8. The number of carbonyl (C=O) groups excluding carboxylic acids is 1. The summed E-state index contributed by atoms with van der Waals surface area (Å²) in [6, 6.07) is 7.44. The normalized spacial score (nSPS) is 19.1. The van der Waals surface area contributed by atoms with E-state index in [0.29, 0.717) is 47.1 Å². The highest BCUT2D eigenvalue weighted by atomic mass is 19.4. The number of rotatable bonds is 2. The lowest BCUT2D eigenvalue weighted by molar-refractivity contribution is -0.212. The summed E-state index contributed by atoms with van der Waals surface area (Å²) in [7, 11) is 0. The van der Waals surface area contributed by atoms with Crippen LogP contribution in [0.1, 0.15) is 40.4 Å². The van der Waals surface area contributed by atoms with Gasteiger partial charge in [0.1, 0.15) is 17.2 Å². The van der Waals surface area contributed by atoms with Crippen molar-refractivity contribution in [1.82, 2.24) is 29.0 Å². The SMILES string of the molecule is Nc1nc2cc(F)c(C(=O)N3CCC[C@@H]4OCc5cc(-c6cnn(C(F)(F)F)c6)ccc5[C@@H]43)cc2n2cncc12. The molecule has 0 bridgehead atoms. The number of piperidine rings is 1. The van der Waals surface area contributed by atoms with Crippen molar-refractivity contribution >= 4 is 28.3 Å². The zero-order chi connectivity index (χ0) is 27.8. The van der Waals surface area contributed by atoms with Crippen LogP contribution in [-0.2, 0) is 17.6 Å². The number of halogens is 4. The van der Waals surface area contributed by atoms with E-state index < -0.39 is 24.1 Å². The van der Waals surface area contributed by atoms with Crippen molar-refractivity contribution in [3.63, 3.8) is 0 Å². The fourth-order valence-corrected chi connectivity index (χ4v) is 5.75. The van der Waals surface area contributed by atoms with Crippen LogP contribution in [0.3, 0.4) is 0 Å². The van der Waals surface area contributed by atoms with E-state index in [0.717, 1.165) is 23.5 Å². The first-order valence-corrected chi connectivity index (χ1v) is 12.6. The molecule has 1 fully saturated rings. The standard InChI is InChI=1S/C27H21F4N7O2/c28-19-8-20-21(37-13-33-10-22(37)25(32)35-20)7-18(19)26(39)36-5-1-2-23-24(36)17-4-3-14(6-15(17)12-40-23)16-9-34-38(11-16)27(29,30)31/h3-4,6-11,13,23-24H,1-2,5,12H2,(H2,32,35)/t23-,24-/m0/s1. The van der Waals surface area contributed by atoms with Crippen molar-refractivity contribution in [2.45, 2.75) is 37.9 Å². The van der Waals surface area contributed by atoms with Gasteiger partial charge < -0.3 is 15.4 Å². The van der Waals surface area contributed by atoms with Gasteiger partial charge in [-0.3, -0.25) is 9.20 Å². The Bertz CT molecular complexity index is 1810. The van der Waals surface area contributed by atoms with E-state index in [1.807, 2.05) is 0 Å². The minimum atomic E-state index is -4.61. The maximum absolute atomic E-state index is 15.4. The molecular weight excluding hydrogens is 530 g/mol. The van der Waals surface area contributed by atoms with Crippen LogP contribution in [0.15, 0.2) is 55.2 Å². The lowest BCUT2D eigenvalue weighted by Crippen LogP contribution is -2.48. The number of alkyl halides is 3. The van der Waals surface area contributed by atoms with Crippen molar-refractivity contribution in [3.8, 4) is 11.1 Å². The number of nitrogen functional groups attached to an aromatic ring is 1. The minimum absolute atomic E-state index is 0.0463. The van der Waals surface area contributed by atoms with E-state index in [4.69, 9.17) is 10.5 Å². The van der Waals surface area contributed by atoms with Gasteiger partial charge in [-0.15, -0.1) is 13.2 Å². The number of nitrogens with zero attached hydrogens (tertiary/aromatic N) is 6. The number of imidazole rings is 1. The fraction of sp³-hybridized carbons (Fsp3) is 0.259. The number of hydrogen-bond donors (Lipinski definition) is 1. The van der Waals surface area contributed by atoms with Crippen molar-refractivity contribution in [1.29, 1.82) is 0 Å². The Hall–Kier alpha value is -4.52. The van der Waals surface area contributed by atoms with Crippen molar-refractivity contribution < 1.29 is 27.1 Å². The maximum Gasteiger partial charge on any atom is 0.504 e. The second-order valence-corrected chi connectivity index (χ2v) is 9.96. The molecule has 1 saturated heterocycles. The number of benzene rings is 2. The third kappa shape index (κ3) is 3.79. The second kappa shape index (κ2) is 8.74. The first-order valence-electron chi connectivity index (χ1n) is 12.6. The first-order chi connectivity index (χ1) is 19.2. The molecule has 0 saturated carbocycles. The van der Waals surface area contributed by atoms with Gasteiger partial charge in [-0.2, -0.15) is 9.78 Å². The smallest absolute Gasteiger partial charge is 0.382 e. The zero-order valence-corrected chi connectivity index (χ0v) is 20.8. The summed E-state index contributed by atoms with van der Waals surface area (Å²) in [6.07, 6.45) is 1.63.